The lowest BCUT2D eigenvalue weighted by Gasteiger charge is -2.31. The van der Waals surface area contributed by atoms with Crippen LogP contribution in [0.25, 0.3) is 0 Å². The van der Waals surface area contributed by atoms with E-state index in [9.17, 15) is 4.79 Å². The second-order valence-corrected chi connectivity index (χ2v) is 7.70. The molecule has 1 amide bonds. The van der Waals surface area contributed by atoms with Gasteiger partial charge >= 0.3 is 0 Å². The minimum Gasteiger partial charge on any atom is -0.493 e. The van der Waals surface area contributed by atoms with Crippen LogP contribution in [0.4, 0.5) is 0 Å². The topological polar surface area (TPSA) is 29.5 Å². The molecule has 2 aromatic rings. The maximum Gasteiger partial charge on any atom is 0.253 e. The minimum absolute atomic E-state index is 0.137. The van der Waals surface area contributed by atoms with Crippen molar-refractivity contribution >= 4 is 17.7 Å². The van der Waals surface area contributed by atoms with Crippen LogP contribution in [0.15, 0.2) is 59.5 Å². The molecule has 1 atom stereocenters. The fourth-order valence-corrected chi connectivity index (χ4v) is 3.84. The van der Waals surface area contributed by atoms with Crippen molar-refractivity contribution in [3.8, 4) is 5.75 Å². The second-order valence-electron chi connectivity index (χ2n) is 6.53. The molecule has 0 aliphatic carbocycles. The Labute approximate surface area is 154 Å². The number of hydrogen-bond acceptors (Lipinski definition) is 3. The molecular weight excluding hydrogens is 330 g/mol. The van der Waals surface area contributed by atoms with Crippen LogP contribution in [0, 0.1) is 5.92 Å². The van der Waals surface area contributed by atoms with Gasteiger partial charge in [0, 0.05) is 29.3 Å². The summed E-state index contributed by atoms with van der Waals surface area (Å²) in [5, 5.41) is 0. The molecule has 1 aliphatic heterocycles. The van der Waals surface area contributed by atoms with E-state index in [1.807, 2.05) is 47.4 Å². The lowest BCUT2D eigenvalue weighted by molar-refractivity contribution is 0.0683. The average molecular weight is 356 g/mol. The summed E-state index contributed by atoms with van der Waals surface area (Å²) in [4.78, 5) is 15.8. The van der Waals surface area contributed by atoms with Gasteiger partial charge in [0.2, 0.25) is 0 Å². The maximum absolute atomic E-state index is 12.6. The Morgan fingerprint density at radius 2 is 1.92 bits per heavy atom. The summed E-state index contributed by atoms with van der Waals surface area (Å²) in [6, 6.07) is 17.9. The zero-order chi connectivity index (χ0) is 17.5. The third-order valence-corrected chi connectivity index (χ3v) is 5.39. The molecule has 0 unspecified atom stereocenters. The molecule has 4 heteroatoms. The van der Waals surface area contributed by atoms with Crippen LogP contribution in [0.2, 0.25) is 0 Å². The van der Waals surface area contributed by atoms with Crippen molar-refractivity contribution in [3.63, 3.8) is 0 Å². The first kappa shape index (κ1) is 17.9. The maximum atomic E-state index is 12.6. The Morgan fingerprint density at radius 3 is 2.64 bits per heavy atom. The third-order valence-electron chi connectivity index (χ3n) is 4.41. The molecule has 0 N–H and O–H groups in total. The first-order chi connectivity index (χ1) is 12.2. The monoisotopic (exact) mass is 355 g/mol. The molecule has 0 aromatic heterocycles. The van der Waals surface area contributed by atoms with Crippen molar-refractivity contribution in [1.29, 1.82) is 0 Å². The van der Waals surface area contributed by atoms with Gasteiger partial charge in [-0.25, -0.2) is 0 Å². The van der Waals surface area contributed by atoms with Crippen molar-refractivity contribution in [2.24, 2.45) is 5.92 Å². The van der Waals surface area contributed by atoms with Gasteiger partial charge in [-0.15, -0.1) is 11.8 Å². The Morgan fingerprint density at radius 1 is 1.16 bits per heavy atom. The Kier molecular flexibility index (Phi) is 6.40. The number of thioether (sulfide) groups is 1. The van der Waals surface area contributed by atoms with Crippen molar-refractivity contribution < 1.29 is 9.53 Å². The van der Waals surface area contributed by atoms with Gasteiger partial charge in [-0.3, -0.25) is 4.79 Å². The van der Waals surface area contributed by atoms with E-state index >= 15 is 0 Å². The minimum atomic E-state index is 0.137. The smallest absolute Gasteiger partial charge is 0.253 e. The predicted octanol–water partition coefficient (Wildman–Crippen LogP) is 4.73. The van der Waals surface area contributed by atoms with Crippen molar-refractivity contribution in [2.45, 2.75) is 24.7 Å². The summed E-state index contributed by atoms with van der Waals surface area (Å²) in [5.41, 5.74) is 0.750. The summed E-state index contributed by atoms with van der Waals surface area (Å²) in [7, 11) is 0. The molecule has 132 valence electrons. The lowest BCUT2D eigenvalue weighted by Crippen LogP contribution is -2.39. The van der Waals surface area contributed by atoms with Crippen LogP contribution >= 0.6 is 11.8 Å². The highest BCUT2D eigenvalue weighted by Gasteiger charge is 2.21. The van der Waals surface area contributed by atoms with Gasteiger partial charge in [-0.2, -0.15) is 0 Å². The number of rotatable bonds is 6. The zero-order valence-electron chi connectivity index (χ0n) is 14.7. The van der Waals surface area contributed by atoms with E-state index in [0.29, 0.717) is 12.5 Å². The van der Waals surface area contributed by atoms with Gasteiger partial charge in [-0.05, 0) is 55.2 Å². The van der Waals surface area contributed by atoms with E-state index in [4.69, 9.17) is 4.74 Å². The van der Waals surface area contributed by atoms with Gasteiger partial charge in [0.1, 0.15) is 5.75 Å². The molecular formula is C21H25NO2S. The molecule has 0 radical (unpaired) electrons. The van der Waals surface area contributed by atoms with Crippen molar-refractivity contribution in [2.75, 3.05) is 25.4 Å². The number of amides is 1. The van der Waals surface area contributed by atoms with Gasteiger partial charge < -0.3 is 9.64 Å². The summed E-state index contributed by atoms with van der Waals surface area (Å²) in [6.45, 7) is 4.60. The van der Waals surface area contributed by atoms with Crippen molar-refractivity contribution in [3.05, 3.63) is 60.2 Å². The highest BCUT2D eigenvalue weighted by atomic mass is 32.2. The first-order valence-corrected chi connectivity index (χ1v) is 9.91. The molecule has 1 saturated heterocycles. The number of nitrogens with zero attached hydrogens (tertiary/aromatic N) is 1. The molecule has 0 spiro atoms. The van der Waals surface area contributed by atoms with Crippen LogP contribution in [0.3, 0.4) is 0 Å². The van der Waals surface area contributed by atoms with Crippen LogP contribution < -0.4 is 4.74 Å². The van der Waals surface area contributed by atoms with Crippen LogP contribution in [-0.2, 0) is 0 Å². The fraction of sp³-hybridized carbons (Fsp3) is 0.381. The Bertz CT molecular complexity index is 672. The predicted molar refractivity (Wildman–Crippen MR) is 103 cm³/mol. The fourth-order valence-electron chi connectivity index (χ4n) is 3.09. The molecule has 3 rings (SSSR count). The summed E-state index contributed by atoms with van der Waals surface area (Å²) < 4.78 is 5.78. The summed E-state index contributed by atoms with van der Waals surface area (Å²) in [5.74, 6) is 2.45. The van der Waals surface area contributed by atoms with Gasteiger partial charge in [0.05, 0.1) is 6.61 Å². The van der Waals surface area contributed by atoms with E-state index in [-0.39, 0.29) is 5.91 Å². The number of carbonyl (C=O) groups excluding carboxylic acids is 1. The van der Waals surface area contributed by atoms with Crippen LogP contribution in [0.1, 0.15) is 30.1 Å². The first-order valence-electron chi connectivity index (χ1n) is 8.92. The van der Waals surface area contributed by atoms with E-state index in [1.54, 1.807) is 11.8 Å². The molecule has 1 fully saturated rings. The van der Waals surface area contributed by atoms with Gasteiger partial charge in [-0.1, -0.05) is 25.1 Å². The number of hydrogen-bond donors (Lipinski definition) is 0. The van der Waals surface area contributed by atoms with Gasteiger partial charge in [0.15, 0.2) is 0 Å². The molecule has 0 saturated carbocycles. The average Bonchev–Trinajstić information content (AvgIpc) is 2.66. The number of carbonyl (C=O) groups is 1. The number of ether oxygens (including phenoxy) is 1. The number of benzene rings is 2. The molecule has 1 heterocycles. The highest BCUT2D eigenvalue weighted by Crippen LogP contribution is 2.20. The zero-order valence-corrected chi connectivity index (χ0v) is 15.5. The standard InChI is InChI=1S/C21H25NO2S/c1-17-6-5-13-22(16-17)21(23)18-9-11-19(12-10-18)24-14-15-25-20-7-3-2-4-8-20/h2-4,7-12,17H,5-6,13-16H2,1H3/t17-/m1/s1. The van der Waals surface area contributed by atoms with Gasteiger partial charge in [0.25, 0.3) is 5.91 Å². The molecule has 2 aromatic carbocycles. The number of likely N-dealkylation sites (tertiary alicyclic amines) is 1. The second kappa shape index (κ2) is 8.95. The lowest BCUT2D eigenvalue weighted by atomic mass is 9.99. The molecule has 25 heavy (non-hydrogen) atoms. The SMILES string of the molecule is C[C@@H]1CCCN(C(=O)c2ccc(OCCSc3ccccc3)cc2)C1. The third kappa shape index (κ3) is 5.27. The van der Waals surface area contributed by atoms with E-state index in [1.165, 1.54) is 11.3 Å². The van der Waals surface area contributed by atoms with Crippen LogP contribution in [-0.4, -0.2) is 36.3 Å². The summed E-state index contributed by atoms with van der Waals surface area (Å²) >= 11 is 1.78. The Hall–Kier alpha value is -1.94. The van der Waals surface area contributed by atoms with E-state index in [2.05, 4.69) is 19.1 Å². The van der Waals surface area contributed by atoms with Crippen LogP contribution in [0.5, 0.6) is 5.75 Å². The number of piperidine rings is 1. The van der Waals surface area contributed by atoms with E-state index in [0.717, 1.165) is 36.6 Å². The highest BCUT2D eigenvalue weighted by molar-refractivity contribution is 7.99. The molecule has 0 bridgehead atoms. The molecule has 3 nitrogen and oxygen atoms in total. The largest absolute Gasteiger partial charge is 0.493 e. The quantitative estimate of drug-likeness (QED) is 0.554. The Balaban J connectivity index is 1.46. The summed E-state index contributed by atoms with van der Waals surface area (Å²) in [6.07, 6.45) is 2.32. The normalized spacial score (nSPS) is 17.3. The molecule has 1 aliphatic rings. The van der Waals surface area contributed by atoms with E-state index < -0.39 is 0 Å². The van der Waals surface area contributed by atoms with Crippen molar-refractivity contribution in [1.82, 2.24) is 4.90 Å².